The van der Waals surface area contributed by atoms with Crippen LogP contribution >= 0.6 is 11.6 Å². The molecule has 1 aliphatic heterocycles. The summed E-state index contributed by atoms with van der Waals surface area (Å²) in [5, 5.41) is 3.79. The highest BCUT2D eigenvalue weighted by atomic mass is 35.5. The molecule has 1 unspecified atom stereocenters. The number of urea groups is 1. The van der Waals surface area contributed by atoms with E-state index in [1.54, 1.807) is 0 Å². The van der Waals surface area contributed by atoms with E-state index < -0.39 is 17.3 Å². The molecule has 1 aliphatic rings. The Morgan fingerprint density at radius 3 is 2.42 bits per heavy atom. The number of piperidine rings is 1. The highest BCUT2D eigenvalue weighted by molar-refractivity contribution is 6.31. The van der Waals surface area contributed by atoms with Crippen LogP contribution in [-0.2, 0) is 9.59 Å². The smallest absolute Gasteiger partial charge is 0.321 e. The SMILES string of the molecule is CC(Cl)C(=O)NC(=O)NCCC(=O)N1CCCCC1. The van der Waals surface area contributed by atoms with Gasteiger partial charge in [-0.2, -0.15) is 0 Å². The number of carbonyl (C=O) groups is 3. The Balaban J connectivity index is 2.17. The largest absolute Gasteiger partial charge is 0.343 e. The molecule has 1 fully saturated rings. The average Bonchev–Trinajstić information content (AvgIpc) is 2.39. The van der Waals surface area contributed by atoms with Gasteiger partial charge in [0.05, 0.1) is 0 Å². The van der Waals surface area contributed by atoms with E-state index in [1.165, 1.54) is 13.3 Å². The maximum atomic E-state index is 11.8. The number of halogens is 1. The van der Waals surface area contributed by atoms with Gasteiger partial charge in [0.25, 0.3) is 0 Å². The molecule has 1 atom stereocenters. The van der Waals surface area contributed by atoms with E-state index in [9.17, 15) is 14.4 Å². The van der Waals surface area contributed by atoms with Crippen molar-refractivity contribution in [3.8, 4) is 0 Å². The average molecular weight is 290 g/mol. The van der Waals surface area contributed by atoms with E-state index in [0.717, 1.165) is 25.9 Å². The van der Waals surface area contributed by atoms with Gasteiger partial charge >= 0.3 is 6.03 Å². The molecule has 0 radical (unpaired) electrons. The second-order valence-corrected chi connectivity index (χ2v) is 5.21. The van der Waals surface area contributed by atoms with Crippen LogP contribution in [0.2, 0.25) is 0 Å². The number of hydrogen-bond acceptors (Lipinski definition) is 3. The Morgan fingerprint density at radius 1 is 1.21 bits per heavy atom. The van der Waals surface area contributed by atoms with Crippen molar-refractivity contribution in [3.05, 3.63) is 0 Å². The first-order valence-corrected chi connectivity index (χ1v) is 6.95. The van der Waals surface area contributed by atoms with Crippen LogP contribution in [0.15, 0.2) is 0 Å². The van der Waals surface area contributed by atoms with Crippen molar-refractivity contribution in [2.75, 3.05) is 19.6 Å². The van der Waals surface area contributed by atoms with Crippen molar-refractivity contribution >= 4 is 29.4 Å². The number of imide groups is 1. The van der Waals surface area contributed by atoms with E-state index in [4.69, 9.17) is 11.6 Å². The lowest BCUT2D eigenvalue weighted by Gasteiger charge is -2.26. The van der Waals surface area contributed by atoms with Crippen molar-refractivity contribution in [2.24, 2.45) is 0 Å². The molecule has 4 amide bonds. The monoisotopic (exact) mass is 289 g/mol. The predicted molar refractivity (Wildman–Crippen MR) is 71.9 cm³/mol. The molecule has 0 saturated carbocycles. The fourth-order valence-corrected chi connectivity index (χ4v) is 1.89. The fraction of sp³-hybridized carbons (Fsp3) is 0.750. The minimum atomic E-state index is -0.763. The lowest BCUT2D eigenvalue weighted by Crippen LogP contribution is -2.44. The van der Waals surface area contributed by atoms with E-state index in [-0.39, 0.29) is 18.9 Å². The third kappa shape index (κ3) is 5.92. The molecule has 0 spiro atoms. The van der Waals surface area contributed by atoms with Crippen LogP contribution in [0.3, 0.4) is 0 Å². The number of nitrogens with one attached hydrogen (secondary N) is 2. The van der Waals surface area contributed by atoms with Crippen LogP contribution < -0.4 is 10.6 Å². The summed E-state index contributed by atoms with van der Waals surface area (Å²) in [5.74, 6) is -0.515. The number of hydrogen-bond donors (Lipinski definition) is 2. The highest BCUT2D eigenvalue weighted by Gasteiger charge is 2.17. The van der Waals surface area contributed by atoms with Crippen molar-refractivity contribution < 1.29 is 14.4 Å². The molecular formula is C12H20ClN3O3. The first kappa shape index (κ1) is 15.8. The highest BCUT2D eigenvalue weighted by Crippen LogP contribution is 2.09. The van der Waals surface area contributed by atoms with Crippen molar-refractivity contribution in [1.29, 1.82) is 0 Å². The Kier molecular flexibility index (Phi) is 6.62. The van der Waals surface area contributed by atoms with Gasteiger partial charge in [-0.25, -0.2) is 4.79 Å². The van der Waals surface area contributed by atoms with E-state index in [2.05, 4.69) is 10.6 Å². The number of amides is 4. The van der Waals surface area contributed by atoms with Crippen molar-refractivity contribution in [1.82, 2.24) is 15.5 Å². The Hall–Kier alpha value is -1.30. The summed E-state index contributed by atoms with van der Waals surface area (Å²) >= 11 is 5.51. The number of carbonyl (C=O) groups excluding carboxylic acids is 3. The normalized spacial score (nSPS) is 16.6. The van der Waals surface area contributed by atoms with Crippen LogP contribution in [0.25, 0.3) is 0 Å². The van der Waals surface area contributed by atoms with Gasteiger partial charge in [-0.05, 0) is 26.2 Å². The second-order valence-electron chi connectivity index (χ2n) is 4.55. The molecule has 0 aromatic carbocycles. The molecule has 0 bridgehead atoms. The standard InChI is InChI=1S/C12H20ClN3O3/c1-9(13)11(18)15-12(19)14-6-5-10(17)16-7-3-2-4-8-16/h9H,2-8H2,1H3,(H2,14,15,18,19). The first-order valence-electron chi connectivity index (χ1n) is 6.51. The lowest BCUT2D eigenvalue weighted by atomic mass is 10.1. The molecule has 0 aromatic heterocycles. The fourth-order valence-electron chi connectivity index (χ4n) is 1.84. The van der Waals surface area contributed by atoms with Gasteiger partial charge in [0.15, 0.2) is 0 Å². The molecule has 1 saturated heterocycles. The third-order valence-electron chi connectivity index (χ3n) is 2.93. The number of likely N-dealkylation sites (tertiary alicyclic amines) is 1. The van der Waals surface area contributed by atoms with Crippen LogP contribution in [0.4, 0.5) is 4.79 Å². The quantitative estimate of drug-likeness (QED) is 0.753. The minimum Gasteiger partial charge on any atom is -0.343 e. The predicted octanol–water partition coefficient (Wildman–Crippen LogP) is 0.842. The van der Waals surface area contributed by atoms with E-state index in [1.807, 2.05) is 4.90 Å². The molecule has 7 heteroatoms. The zero-order valence-electron chi connectivity index (χ0n) is 11.1. The molecule has 1 heterocycles. The summed E-state index contributed by atoms with van der Waals surface area (Å²) in [6, 6.07) is -0.621. The van der Waals surface area contributed by atoms with Gasteiger partial charge in [-0.3, -0.25) is 14.9 Å². The lowest BCUT2D eigenvalue weighted by molar-refractivity contribution is -0.131. The summed E-state index contributed by atoms with van der Waals surface area (Å²) in [6.07, 6.45) is 3.50. The van der Waals surface area contributed by atoms with E-state index in [0.29, 0.717) is 0 Å². The number of nitrogens with zero attached hydrogens (tertiary/aromatic N) is 1. The van der Waals surface area contributed by atoms with Crippen LogP contribution in [0.5, 0.6) is 0 Å². The van der Waals surface area contributed by atoms with Gasteiger partial charge in [0.1, 0.15) is 5.38 Å². The van der Waals surface area contributed by atoms with Gasteiger partial charge in [0, 0.05) is 26.1 Å². The second kappa shape index (κ2) is 7.99. The van der Waals surface area contributed by atoms with Crippen LogP contribution in [0, 0.1) is 0 Å². The minimum absolute atomic E-state index is 0.0389. The summed E-state index contributed by atoms with van der Waals surface area (Å²) in [7, 11) is 0. The molecule has 1 rings (SSSR count). The molecular weight excluding hydrogens is 270 g/mol. The maximum absolute atomic E-state index is 11.8. The molecule has 0 aromatic rings. The van der Waals surface area contributed by atoms with Gasteiger partial charge < -0.3 is 10.2 Å². The van der Waals surface area contributed by atoms with Crippen LogP contribution in [0.1, 0.15) is 32.6 Å². The zero-order valence-corrected chi connectivity index (χ0v) is 11.8. The summed E-state index contributed by atoms with van der Waals surface area (Å²) in [5.41, 5.74) is 0. The van der Waals surface area contributed by atoms with Crippen LogP contribution in [-0.4, -0.2) is 47.8 Å². The van der Waals surface area contributed by atoms with Gasteiger partial charge in [-0.1, -0.05) is 0 Å². The first-order chi connectivity index (χ1) is 9.00. The molecule has 0 aliphatic carbocycles. The van der Waals surface area contributed by atoms with Crippen molar-refractivity contribution in [2.45, 2.75) is 38.0 Å². The van der Waals surface area contributed by atoms with Crippen molar-refractivity contribution in [3.63, 3.8) is 0 Å². The summed E-state index contributed by atoms with van der Waals surface area (Å²) < 4.78 is 0. The zero-order chi connectivity index (χ0) is 14.3. The van der Waals surface area contributed by atoms with Gasteiger partial charge in [0.2, 0.25) is 11.8 Å². The molecule has 6 nitrogen and oxygen atoms in total. The van der Waals surface area contributed by atoms with Gasteiger partial charge in [-0.15, -0.1) is 11.6 Å². The maximum Gasteiger partial charge on any atom is 0.321 e. The summed E-state index contributed by atoms with van der Waals surface area (Å²) in [4.78, 5) is 36.0. The number of alkyl halides is 1. The summed E-state index contributed by atoms with van der Waals surface area (Å²) in [6.45, 7) is 3.29. The Labute approximate surface area is 117 Å². The topological polar surface area (TPSA) is 78.5 Å². The van der Waals surface area contributed by atoms with E-state index >= 15 is 0 Å². The Morgan fingerprint density at radius 2 is 1.84 bits per heavy atom. The Bertz CT molecular complexity index is 341. The third-order valence-corrected chi connectivity index (χ3v) is 3.13. The molecule has 19 heavy (non-hydrogen) atoms. The molecule has 2 N–H and O–H groups in total. The molecule has 108 valence electrons. The number of rotatable bonds is 4.